The van der Waals surface area contributed by atoms with E-state index < -0.39 is 10.0 Å². The lowest BCUT2D eigenvalue weighted by Gasteiger charge is -2.28. The van der Waals surface area contributed by atoms with Gasteiger partial charge in [-0.25, -0.2) is 8.42 Å². The highest BCUT2D eigenvalue weighted by Crippen LogP contribution is 2.35. The molecule has 0 unspecified atom stereocenters. The van der Waals surface area contributed by atoms with Gasteiger partial charge in [-0.05, 0) is 68.1 Å². The molecule has 1 fully saturated rings. The van der Waals surface area contributed by atoms with Crippen LogP contribution in [0.2, 0.25) is 0 Å². The van der Waals surface area contributed by atoms with Crippen molar-refractivity contribution in [1.29, 1.82) is 0 Å². The van der Waals surface area contributed by atoms with Crippen molar-refractivity contribution in [3.63, 3.8) is 0 Å². The number of piperidine rings is 1. The number of hydrogen-bond donors (Lipinski definition) is 1. The summed E-state index contributed by atoms with van der Waals surface area (Å²) in [6.45, 7) is 4.11. The van der Waals surface area contributed by atoms with Crippen LogP contribution in [0, 0.1) is 13.8 Å². The maximum Gasteiger partial charge on any atom is 0.262 e. The van der Waals surface area contributed by atoms with Crippen molar-refractivity contribution >= 4 is 27.3 Å². The van der Waals surface area contributed by atoms with Crippen LogP contribution >= 0.6 is 0 Å². The van der Waals surface area contributed by atoms with E-state index in [4.69, 9.17) is 9.47 Å². The summed E-state index contributed by atoms with van der Waals surface area (Å²) in [4.78, 5) is 14.2. The number of methoxy groups -OCH3 is 2. The zero-order valence-electron chi connectivity index (χ0n) is 17.1. The summed E-state index contributed by atoms with van der Waals surface area (Å²) < 4.78 is 39.3. The zero-order chi connectivity index (χ0) is 21.2. The van der Waals surface area contributed by atoms with Crippen molar-refractivity contribution in [2.45, 2.75) is 38.0 Å². The molecule has 29 heavy (non-hydrogen) atoms. The normalized spacial score (nSPS) is 14.6. The Balaban J connectivity index is 1.96. The first-order chi connectivity index (χ1) is 13.8. The third-order valence-electron chi connectivity index (χ3n) is 5.03. The lowest BCUT2D eigenvalue weighted by atomic mass is 10.1. The highest BCUT2D eigenvalue weighted by molar-refractivity contribution is 7.92. The number of nitrogens with zero attached hydrogens (tertiary/aromatic N) is 1. The highest BCUT2D eigenvalue weighted by atomic mass is 32.2. The summed E-state index contributed by atoms with van der Waals surface area (Å²) in [5, 5.41) is 0. The van der Waals surface area contributed by atoms with Gasteiger partial charge in [0, 0.05) is 13.0 Å². The zero-order valence-corrected chi connectivity index (χ0v) is 17.9. The number of anilines is 2. The first kappa shape index (κ1) is 21.0. The van der Waals surface area contributed by atoms with Gasteiger partial charge < -0.3 is 14.4 Å². The van der Waals surface area contributed by atoms with E-state index in [0.717, 1.165) is 18.4 Å². The summed E-state index contributed by atoms with van der Waals surface area (Å²) in [5.74, 6) is 1.17. The number of sulfonamides is 1. The number of rotatable bonds is 6. The van der Waals surface area contributed by atoms with Crippen LogP contribution in [0.4, 0.5) is 11.4 Å². The maximum absolute atomic E-state index is 13.0. The van der Waals surface area contributed by atoms with Crippen molar-refractivity contribution in [2.75, 3.05) is 30.4 Å². The minimum atomic E-state index is -3.82. The summed E-state index contributed by atoms with van der Waals surface area (Å²) >= 11 is 0. The maximum atomic E-state index is 13.0. The summed E-state index contributed by atoms with van der Waals surface area (Å²) in [5.41, 5.74) is 2.25. The molecular formula is C21H26N2O5S. The topological polar surface area (TPSA) is 84.9 Å². The quantitative estimate of drug-likeness (QED) is 0.774. The Labute approximate surface area is 171 Å². The van der Waals surface area contributed by atoms with E-state index in [1.807, 2.05) is 0 Å². The molecule has 1 saturated heterocycles. The Morgan fingerprint density at radius 1 is 0.966 bits per heavy atom. The molecule has 0 aliphatic carbocycles. The molecule has 0 saturated carbocycles. The number of aryl methyl sites for hydroxylation is 2. The van der Waals surface area contributed by atoms with Gasteiger partial charge in [0.05, 0.1) is 30.5 Å². The van der Waals surface area contributed by atoms with Gasteiger partial charge in [-0.15, -0.1) is 0 Å². The molecule has 0 spiro atoms. The van der Waals surface area contributed by atoms with Gasteiger partial charge in [-0.1, -0.05) is 0 Å². The number of carbonyl (C=O) groups is 1. The number of amides is 1. The van der Waals surface area contributed by atoms with Crippen LogP contribution in [0.3, 0.4) is 0 Å². The Hall–Kier alpha value is -2.74. The SMILES string of the molecule is COc1cc(C)c(S(=O)(=O)Nc2ccc(OC)c(N3CCCCC3=O)c2)cc1C. The molecule has 1 heterocycles. The van der Waals surface area contributed by atoms with Gasteiger partial charge in [0.25, 0.3) is 10.0 Å². The molecule has 0 atom stereocenters. The summed E-state index contributed by atoms with van der Waals surface area (Å²) in [6.07, 6.45) is 2.23. The molecule has 8 heteroatoms. The average Bonchev–Trinajstić information content (AvgIpc) is 2.69. The Kier molecular flexibility index (Phi) is 6.02. The second-order valence-corrected chi connectivity index (χ2v) is 8.73. The number of hydrogen-bond acceptors (Lipinski definition) is 5. The van der Waals surface area contributed by atoms with E-state index in [1.54, 1.807) is 56.2 Å². The van der Waals surface area contributed by atoms with Crippen molar-refractivity contribution < 1.29 is 22.7 Å². The largest absolute Gasteiger partial charge is 0.496 e. The van der Waals surface area contributed by atoms with Crippen LogP contribution < -0.4 is 19.1 Å². The molecule has 1 aliphatic heterocycles. The third-order valence-corrected chi connectivity index (χ3v) is 6.55. The molecule has 0 aromatic heterocycles. The molecule has 0 radical (unpaired) electrons. The average molecular weight is 419 g/mol. The third kappa shape index (κ3) is 4.32. The van der Waals surface area contributed by atoms with Gasteiger partial charge >= 0.3 is 0 Å². The minimum absolute atomic E-state index is 0.0104. The fourth-order valence-electron chi connectivity index (χ4n) is 3.51. The Morgan fingerprint density at radius 2 is 1.69 bits per heavy atom. The van der Waals surface area contributed by atoms with Crippen molar-refractivity contribution in [3.05, 3.63) is 41.5 Å². The van der Waals surface area contributed by atoms with Gasteiger partial charge in [-0.2, -0.15) is 0 Å². The lowest BCUT2D eigenvalue weighted by Crippen LogP contribution is -2.35. The molecule has 1 amide bonds. The lowest BCUT2D eigenvalue weighted by molar-refractivity contribution is -0.119. The van der Waals surface area contributed by atoms with Gasteiger partial charge in [0.15, 0.2) is 0 Å². The van der Waals surface area contributed by atoms with Crippen LogP contribution in [0.15, 0.2) is 35.2 Å². The van der Waals surface area contributed by atoms with Crippen LogP contribution in [-0.2, 0) is 14.8 Å². The molecule has 7 nitrogen and oxygen atoms in total. The molecule has 3 rings (SSSR count). The predicted octanol–water partition coefficient (Wildman–Crippen LogP) is 3.64. The van der Waals surface area contributed by atoms with Crippen molar-refractivity contribution in [3.8, 4) is 11.5 Å². The predicted molar refractivity (Wildman–Crippen MR) is 112 cm³/mol. The van der Waals surface area contributed by atoms with Crippen LogP contribution in [0.25, 0.3) is 0 Å². The van der Waals surface area contributed by atoms with Crippen molar-refractivity contribution in [2.24, 2.45) is 0 Å². The van der Waals surface area contributed by atoms with Crippen molar-refractivity contribution in [1.82, 2.24) is 0 Å². The minimum Gasteiger partial charge on any atom is -0.496 e. The van der Waals surface area contributed by atoms with Crippen LogP contribution in [0.5, 0.6) is 11.5 Å². The number of benzene rings is 2. The first-order valence-electron chi connectivity index (χ1n) is 9.43. The summed E-state index contributed by atoms with van der Waals surface area (Å²) in [6, 6.07) is 8.23. The Morgan fingerprint density at radius 3 is 2.34 bits per heavy atom. The fourth-order valence-corrected chi connectivity index (χ4v) is 4.87. The fraction of sp³-hybridized carbons (Fsp3) is 0.381. The highest BCUT2D eigenvalue weighted by Gasteiger charge is 2.24. The number of ether oxygens (including phenoxy) is 2. The smallest absolute Gasteiger partial charge is 0.262 e. The van der Waals surface area contributed by atoms with E-state index in [0.29, 0.717) is 41.4 Å². The van der Waals surface area contributed by atoms with Gasteiger partial charge in [-0.3, -0.25) is 9.52 Å². The molecule has 156 valence electrons. The van der Waals surface area contributed by atoms with E-state index in [2.05, 4.69) is 4.72 Å². The van der Waals surface area contributed by atoms with E-state index in [1.165, 1.54) is 7.11 Å². The summed E-state index contributed by atoms with van der Waals surface area (Å²) in [7, 11) is -0.743. The number of nitrogens with one attached hydrogen (secondary N) is 1. The van der Waals surface area contributed by atoms with Crippen LogP contribution in [-0.4, -0.2) is 35.1 Å². The molecule has 0 bridgehead atoms. The van der Waals surface area contributed by atoms with Gasteiger partial charge in [0.2, 0.25) is 5.91 Å². The molecule has 2 aromatic rings. The second kappa shape index (κ2) is 8.32. The molecular weight excluding hydrogens is 392 g/mol. The standard InChI is InChI=1S/C21H26N2O5S/c1-14-12-20(15(2)11-19(14)28-4)29(25,26)22-16-8-9-18(27-3)17(13-16)23-10-6-5-7-21(23)24/h8-9,11-13,22H,5-7,10H2,1-4H3. The number of carbonyl (C=O) groups excluding carboxylic acids is 1. The monoisotopic (exact) mass is 418 g/mol. The first-order valence-corrected chi connectivity index (χ1v) is 10.9. The molecule has 1 N–H and O–H groups in total. The second-order valence-electron chi connectivity index (χ2n) is 7.08. The van der Waals surface area contributed by atoms with E-state index in [-0.39, 0.29) is 10.8 Å². The van der Waals surface area contributed by atoms with E-state index in [9.17, 15) is 13.2 Å². The van der Waals surface area contributed by atoms with Gasteiger partial charge in [0.1, 0.15) is 11.5 Å². The molecule has 1 aliphatic rings. The van der Waals surface area contributed by atoms with E-state index >= 15 is 0 Å². The molecule has 2 aromatic carbocycles. The Bertz CT molecular complexity index is 1030. The van der Waals surface area contributed by atoms with Crippen LogP contribution in [0.1, 0.15) is 30.4 Å².